The largest absolute Gasteiger partial charge is 0.443 e. The van der Waals surface area contributed by atoms with Gasteiger partial charge in [0.15, 0.2) is 6.04 Å². The second kappa shape index (κ2) is 5.00. The van der Waals surface area contributed by atoms with E-state index in [-0.39, 0.29) is 16.0 Å². The van der Waals surface area contributed by atoms with Crippen LogP contribution in [0.15, 0.2) is 18.2 Å². The van der Waals surface area contributed by atoms with E-state index in [4.69, 9.17) is 4.74 Å². The van der Waals surface area contributed by atoms with Gasteiger partial charge in [-0.3, -0.25) is 4.79 Å². The molecule has 0 saturated heterocycles. The van der Waals surface area contributed by atoms with Crippen molar-refractivity contribution in [2.75, 3.05) is 0 Å². The van der Waals surface area contributed by atoms with Crippen LogP contribution >= 0.6 is 0 Å². The fourth-order valence-electron chi connectivity index (χ4n) is 2.31. The molecule has 0 spiro atoms. The highest BCUT2D eigenvalue weighted by atomic mass is 19.4. The van der Waals surface area contributed by atoms with Crippen LogP contribution in [0.2, 0.25) is 0 Å². The average molecular weight is 315 g/mol. The van der Waals surface area contributed by atoms with Gasteiger partial charge in [0, 0.05) is 5.56 Å². The topological polar surface area (TPSA) is 46.6 Å². The Bertz CT molecular complexity index is 632. The van der Waals surface area contributed by atoms with Crippen LogP contribution in [0.1, 0.15) is 48.3 Å². The zero-order valence-electron chi connectivity index (χ0n) is 12.6. The lowest BCUT2D eigenvalue weighted by Crippen LogP contribution is -2.43. The number of ether oxygens (including phenoxy) is 1. The molecule has 0 radical (unpaired) electrons. The first-order valence-electron chi connectivity index (χ1n) is 6.65. The Morgan fingerprint density at radius 3 is 2.32 bits per heavy atom. The summed E-state index contributed by atoms with van der Waals surface area (Å²) in [6.45, 7) is 6.18. The molecule has 120 valence electrons. The summed E-state index contributed by atoms with van der Waals surface area (Å²) in [5.74, 6) is -0.994. The Morgan fingerprint density at radius 2 is 1.82 bits per heavy atom. The monoisotopic (exact) mass is 315 g/mol. The van der Waals surface area contributed by atoms with E-state index in [9.17, 15) is 22.8 Å². The number of rotatable bonds is 0. The molecule has 0 aromatic heterocycles. The minimum atomic E-state index is -4.77. The number of hydrogen-bond acceptors (Lipinski definition) is 3. The molecule has 0 saturated carbocycles. The van der Waals surface area contributed by atoms with Gasteiger partial charge < -0.3 is 4.74 Å². The predicted octanol–water partition coefficient (Wildman–Crippen LogP) is 3.99. The highest BCUT2D eigenvalue weighted by molar-refractivity contribution is 6.07. The third-order valence-corrected chi connectivity index (χ3v) is 3.11. The molecule has 1 aliphatic heterocycles. The molecule has 1 aromatic rings. The van der Waals surface area contributed by atoms with Crippen molar-refractivity contribution in [1.29, 1.82) is 0 Å². The maximum atomic E-state index is 13.4. The van der Waals surface area contributed by atoms with E-state index in [1.165, 1.54) is 39.0 Å². The Hall–Kier alpha value is -2.05. The number of fused-ring (bicyclic) bond motifs is 1. The van der Waals surface area contributed by atoms with Crippen molar-refractivity contribution < 1.29 is 27.5 Å². The lowest BCUT2D eigenvalue weighted by molar-refractivity contribution is -0.174. The van der Waals surface area contributed by atoms with Gasteiger partial charge in [0.1, 0.15) is 5.60 Å². The van der Waals surface area contributed by atoms with E-state index in [0.717, 1.165) is 0 Å². The summed E-state index contributed by atoms with van der Waals surface area (Å²) < 4.78 is 45.1. The van der Waals surface area contributed by atoms with Gasteiger partial charge in [-0.1, -0.05) is 17.7 Å². The smallest absolute Gasteiger partial charge is 0.418 e. The lowest BCUT2D eigenvalue weighted by Gasteiger charge is -2.28. The van der Waals surface area contributed by atoms with Crippen LogP contribution in [-0.4, -0.2) is 28.7 Å². The number of amides is 2. The molecule has 1 aromatic carbocycles. The second-order valence-corrected chi connectivity index (χ2v) is 6.19. The lowest BCUT2D eigenvalue weighted by atomic mass is 10.0. The summed E-state index contributed by atoms with van der Waals surface area (Å²) in [4.78, 5) is 24.4. The van der Waals surface area contributed by atoms with Gasteiger partial charge in [-0.05, 0) is 39.3 Å². The summed E-state index contributed by atoms with van der Waals surface area (Å²) in [6.07, 6.45) is -6.07. The summed E-state index contributed by atoms with van der Waals surface area (Å²) >= 11 is 0. The highest BCUT2D eigenvalue weighted by Gasteiger charge is 2.55. The SMILES string of the molecule is Cc1ccc2c(c1)[C@@H](C(F)(F)F)N(C(=O)OC(C)(C)C)C2=O. The molecule has 2 rings (SSSR count). The Morgan fingerprint density at radius 1 is 1.23 bits per heavy atom. The van der Waals surface area contributed by atoms with Gasteiger partial charge in [-0.15, -0.1) is 0 Å². The second-order valence-electron chi connectivity index (χ2n) is 6.19. The van der Waals surface area contributed by atoms with Crippen LogP contribution in [0.3, 0.4) is 0 Å². The van der Waals surface area contributed by atoms with Crippen LogP contribution in [0, 0.1) is 6.92 Å². The van der Waals surface area contributed by atoms with Crippen LogP contribution in [0.4, 0.5) is 18.0 Å². The van der Waals surface area contributed by atoms with Crippen molar-refractivity contribution >= 4 is 12.0 Å². The van der Waals surface area contributed by atoms with Crippen molar-refractivity contribution in [2.24, 2.45) is 0 Å². The fraction of sp³-hybridized carbons (Fsp3) is 0.467. The molecule has 0 aliphatic carbocycles. The molecule has 4 nitrogen and oxygen atoms in total. The normalized spacial score (nSPS) is 18.4. The molecular formula is C15H16F3NO3. The Balaban J connectivity index is 2.51. The van der Waals surface area contributed by atoms with Crippen molar-refractivity contribution in [3.63, 3.8) is 0 Å². The summed E-state index contributed by atoms with van der Waals surface area (Å²) in [5, 5.41) is 0. The molecule has 0 unspecified atom stereocenters. The van der Waals surface area contributed by atoms with Gasteiger partial charge in [-0.25, -0.2) is 9.69 Å². The molecule has 0 N–H and O–H groups in total. The number of halogens is 3. The third kappa shape index (κ3) is 2.93. The number of imide groups is 1. The minimum Gasteiger partial charge on any atom is -0.443 e. The number of benzene rings is 1. The number of nitrogens with zero attached hydrogens (tertiary/aromatic N) is 1. The van der Waals surface area contributed by atoms with Crippen molar-refractivity contribution in [3.8, 4) is 0 Å². The molecular weight excluding hydrogens is 299 g/mol. The molecule has 1 aliphatic rings. The van der Waals surface area contributed by atoms with Gasteiger partial charge in [0.25, 0.3) is 5.91 Å². The molecule has 0 fully saturated rings. The first-order valence-corrected chi connectivity index (χ1v) is 6.65. The summed E-state index contributed by atoms with van der Waals surface area (Å²) in [6, 6.07) is 1.79. The van der Waals surface area contributed by atoms with Gasteiger partial charge in [-0.2, -0.15) is 13.2 Å². The van der Waals surface area contributed by atoms with Crippen molar-refractivity contribution in [3.05, 3.63) is 34.9 Å². The maximum Gasteiger partial charge on any atom is 0.418 e. The molecule has 1 heterocycles. The Labute approximate surface area is 125 Å². The molecule has 7 heteroatoms. The fourth-order valence-corrected chi connectivity index (χ4v) is 2.31. The van der Waals surface area contributed by atoms with E-state index in [1.54, 1.807) is 6.92 Å². The number of carbonyl (C=O) groups excluding carboxylic acids is 2. The number of hydrogen-bond donors (Lipinski definition) is 0. The molecule has 2 amide bonds. The van der Waals surface area contributed by atoms with E-state index >= 15 is 0 Å². The number of carbonyl (C=O) groups is 2. The Kier molecular flexibility index (Phi) is 3.71. The number of alkyl halides is 3. The quantitative estimate of drug-likeness (QED) is 0.727. The van der Waals surface area contributed by atoms with E-state index in [0.29, 0.717) is 5.56 Å². The van der Waals surface area contributed by atoms with E-state index < -0.39 is 29.8 Å². The molecule has 22 heavy (non-hydrogen) atoms. The van der Waals surface area contributed by atoms with Gasteiger partial charge in [0.2, 0.25) is 0 Å². The van der Waals surface area contributed by atoms with Crippen molar-refractivity contribution in [1.82, 2.24) is 4.90 Å². The number of aryl methyl sites for hydroxylation is 1. The first-order chi connectivity index (χ1) is 9.92. The summed E-state index contributed by atoms with van der Waals surface area (Å²) in [7, 11) is 0. The zero-order chi connectivity index (χ0) is 16.9. The standard InChI is InChI=1S/C15H16F3NO3/c1-8-5-6-9-10(7-8)11(15(16,17)18)19(12(9)20)13(21)22-14(2,3)4/h5-7,11H,1-4H3/t11-/m0/s1. The zero-order valence-corrected chi connectivity index (χ0v) is 12.6. The van der Waals surface area contributed by atoms with Crippen molar-refractivity contribution in [2.45, 2.75) is 45.5 Å². The van der Waals surface area contributed by atoms with E-state index in [1.807, 2.05) is 0 Å². The molecule has 0 bridgehead atoms. The molecule has 1 atom stereocenters. The maximum absolute atomic E-state index is 13.4. The van der Waals surface area contributed by atoms with E-state index in [2.05, 4.69) is 0 Å². The minimum absolute atomic E-state index is 0.126. The third-order valence-electron chi connectivity index (χ3n) is 3.11. The van der Waals surface area contributed by atoms with Gasteiger partial charge in [0.05, 0.1) is 0 Å². The van der Waals surface area contributed by atoms with Crippen LogP contribution < -0.4 is 0 Å². The predicted molar refractivity (Wildman–Crippen MR) is 72.4 cm³/mol. The van der Waals surface area contributed by atoms with Crippen LogP contribution in [-0.2, 0) is 4.74 Å². The average Bonchev–Trinajstić information content (AvgIpc) is 2.59. The van der Waals surface area contributed by atoms with Crippen LogP contribution in [0.5, 0.6) is 0 Å². The van der Waals surface area contributed by atoms with Crippen LogP contribution in [0.25, 0.3) is 0 Å². The highest BCUT2D eigenvalue weighted by Crippen LogP contribution is 2.45. The summed E-state index contributed by atoms with van der Waals surface area (Å²) in [5.41, 5.74) is -0.771. The van der Waals surface area contributed by atoms with Gasteiger partial charge >= 0.3 is 12.3 Å². The first kappa shape index (κ1) is 16.3.